The number of carbonyl (C=O) groups is 1. The van der Waals surface area contributed by atoms with E-state index in [9.17, 15) is 14.3 Å². The summed E-state index contributed by atoms with van der Waals surface area (Å²) in [6, 6.07) is 2.35. The van der Waals surface area contributed by atoms with Gasteiger partial charge in [-0.1, -0.05) is 0 Å². The number of pyridine rings is 1. The van der Waals surface area contributed by atoms with Crippen molar-refractivity contribution in [1.29, 1.82) is 0 Å². The van der Waals surface area contributed by atoms with Crippen molar-refractivity contribution in [2.24, 2.45) is 0 Å². The van der Waals surface area contributed by atoms with Crippen molar-refractivity contribution in [3.8, 4) is 0 Å². The zero-order chi connectivity index (χ0) is 12.2. The Bertz CT molecular complexity index is 365. The van der Waals surface area contributed by atoms with Crippen LogP contribution in [0.2, 0.25) is 0 Å². The van der Waals surface area contributed by atoms with Gasteiger partial charge in [0.1, 0.15) is 17.1 Å². The van der Waals surface area contributed by atoms with Gasteiger partial charge in [0.05, 0.1) is 12.8 Å². The number of aliphatic hydroxyl groups excluding tert-OH is 1. The number of aromatic nitrogens is 1. The van der Waals surface area contributed by atoms with Crippen molar-refractivity contribution in [1.82, 2.24) is 10.3 Å². The van der Waals surface area contributed by atoms with Gasteiger partial charge < -0.3 is 15.5 Å². The van der Waals surface area contributed by atoms with Crippen LogP contribution >= 0.6 is 0 Å². The maximum Gasteiger partial charge on any atom is 0.269 e. The van der Waals surface area contributed by atoms with Crippen LogP contribution in [0.3, 0.4) is 0 Å². The third-order valence-electron chi connectivity index (χ3n) is 1.93. The Hall–Kier alpha value is -1.53. The summed E-state index contributed by atoms with van der Waals surface area (Å²) in [5.74, 6) is -1.06. The third kappa shape index (κ3) is 3.56. The maximum absolute atomic E-state index is 12.5. The first-order chi connectivity index (χ1) is 7.44. The van der Waals surface area contributed by atoms with E-state index in [2.05, 4.69) is 10.3 Å². The van der Waals surface area contributed by atoms with Gasteiger partial charge in [-0.2, -0.15) is 0 Å². The van der Waals surface area contributed by atoms with Gasteiger partial charge >= 0.3 is 0 Å². The zero-order valence-electron chi connectivity index (χ0n) is 8.77. The van der Waals surface area contributed by atoms with Gasteiger partial charge in [0.25, 0.3) is 5.91 Å². The van der Waals surface area contributed by atoms with E-state index in [1.807, 2.05) is 0 Å². The maximum atomic E-state index is 12.5. The average Bonchev–Trinajstić information content (AvgIpc) is 2.27. The molecule has 3 N–H and O–H groups in total. The minimum atomic E-state index is -1.38. The van der Waals surface area contributed by atoms with Crippen LogP contribution in [0.4, 0.5) is 4.39 Å². The summed E-state index contributed by atoms with van der Waals surface area (Å²) in [5.41, 5.74) is -1.33. The molecule has 1 unspecified atom stereocenters. The first-order valence-corrected chi connectivity index (χ1v) is 4.67. The summed E-state index contributed by atoms with van der Waals surface area (Å²) in [7, 11) is 0. The molecule has 5 nitrogen and oxygen atoms in total. The molecule has 1 aromatic rings. The molecule has 1 rings (SSSR count). The summed E-state index contributed by atoms with van der Waals surface area (Å²) < 4.78 is 12.5. The van der Waals surface area contributed by atoms with Crippen LogP contribution in [0.5, 0.6) is 0 Å². The zero-order valence-corrected chi connectivity index (χ0v) is 8.77. The predicted octanol–water partition coefficient (Wildman–Crippen LogP) is -0.306. The Kier molecular flexibility index (Phi) is 3.92. The van der Waals surface area contributed by atoms with Crippen molar-refractivity contribution in [3.05, 3.63) is 29.8 Å². The van der Waals surface area contributed by atoms with E-state index in [1.165, 1.54) is 13.0 Å². The van der Waals surface area contributed by atoms with Crippen LogP contribution in [0.15, 0.2) is 18.3 Å². The normalized spacial score (nSPS) is 14.2. The van der Waals surface area contributed by atoms with Crippen LogP contribution in [0.1, 0.15) is 17.4 Å². The Morgan fingerprint density at radius 1 is 1.62 bits per heavy atom. The SMILES string of the molecule is CC(O)(CO)CNC(=O)c1ccc(F)cn1. The Morgan fingerprint density at radius 3 is 2.81 bits per heavy atom. The van der Waals surface area contributed by atoms with E-state index in [1.54, 1.807) is 0 Å². The Balaban J connectivity index is 2.56. The molecule has 0 aliphatic rings. The fourth-order valence-corrected chi connectivity index (χ4v) is 0.927. The monoisotopic (exact) mass is 228 g/mol. The predicted molar refractivity (Wildman–Crippen MR) is 54.2 cm³/mol. The molecule has 1 heterocycles. The summed E-state index contributed by atoms with van der Waals surface area (Å²) >= 11 is 0. The van der Waals surface area contributed by atoms with E-state index >= 15 is 0 Å². The molecule has 0 bridgehead atoms. The number of rotatable bonds is 4. The lowest BCUT2D eigenvalue weighted by Crippen LogP contribution is -2.43. The van der Waals surface area contributed by atoms with Crippen molar-refractivity contribution < 1.29 is 19.4 Å². The van der Waals surface area contributed by atoms with E-state index in [0.717, 1.165) is 12.3 Å². The molecule has 16 heavy (non-hydrogen) atoms. The Labute approximate surface area is 91.9 Å². The quantitative estimate of drug-likeness (QED) is 0.660. The summed E-state index contributed by atoms with van der Waals surface area (Å²) in [5, 5.41) is 20.5. The minimum Gasteiger partial charge on any atom is -0.393 e. The van der Waals surface area contributed by atoms with Gasteiger partial charge in [-0.05, 0) is 19.1 Å². The van der Waals surface area contributed by atoms with Gasteiger partial charge in [-0.15, -0.1) is 0 Å². The number of nitrogens with one attached hydrogen (secondary N) is 1. The second-order valence-corrected chi connectivity index (χ2v) is 3.70. The smallest absolute Gasteiger partial charge is 0.269 e. The first-order valence-electron chi connectivity index (χ1n) is 4.67. The fourth-order valence-electron chi connectivity index (χ4n) is 0.927. The number of halogens is 1. The van der Waals surface area contributed by atoms with Crippen LogP contribution in [-0.2, 0) is 0 Å². The molecular formula is C10H13FN2O3. The number of amides is 1. The molecule has 88 valence electrons. The second-order valence-electron chi connectivity index (χ2n) is 3.70. The molecule has 1 aromatic heterocycles. The lowest BCUT2D eigenvalue weighted by Gasteiger charge is -2.20. The summed E-state index contributed by atoms with van der Waals surface area (Å²) in [6.07, 6.45) is 0.930. The topological polar surface area (TPSA) is 82.5 Å². The molecule has 0 radical (unpaired) electrons. The van der Waals surface area contributed by atoms with E-state index in [4.69, 9.17) is 5.11 Å². The molecule has 0 saturated heterocycles. The van der Waals surface area contributed by atoms with Crippen LogP contribution in [-0.4, -0.2) is 39.9 Å². The van der Waals surface area contributed by atoms with Crippen molar-refractivity contribution in [3.63, 3.8) is 0 Å². The molecular weight excluding hydrogens is 215 g/mol. The van der Waals surface area contributed by atoms with Crippen molar-refractivity contribution >= 4 is 5.91 Å². The largest absolute Gasteiger partial charge is 0.393 e. The van der Waals surface area contributed by atoms with E-state index in [-0.39, 0.29) is 12.2 Å². The fraction of sp³-hybridized carbons (Fsp3) is 0.400. The second kappa shape index (κ2) is 5.00. The molecule has 0 aromatic carbocycles. The van der Waals surface area contributed by atoms with Crippen LogP contribution < -0.4 is 5.32 Å². The standard InChI is InChI=1S/C10H13FN2O3/c1-10(16,6-14)5-13-9(15)8-3-2-7(11)4-12-8/h2-4,14,16H,5-6H2,1H3,(H,13,15). The van der Waals surface area contributed by atoms with Gasteiger partial charge in [-0.25, -0.2) is 9.37 Å². The highest BCUT2D eigenvalue weighted by Crippen LogP contribution is 2.01. The number of hydrogen-bond donors (Lipinski definition) is 3. The molecule has 0 aliphatic heterocycles. The average molecular weight is 228 g/mol. The first kappa shape index (κ1) is 12.5. The molecule has 0 fully saturated rings. The van der Waals surface area contributed by atoms with E-state index in [0.29, 0.717) is 0 Å². The van der Waals surface area contributed by atoms with Crippen LogP contribution in [0, 0.1) is 5.82 Å². The molecule has 1 amide bonds. The third-order valence-corrected chi connectivity index (χ3v) is 1.93. The number of aliphatic hydroxyl groups is 2. The highest BCUT2D eigenvalue weighted by atomic mass is 19.1. The molecule has 0 aliphatic carbocycles. The lowest BCUT2D eigenvalue weighted by molar-refractivity contribution is 0.00316. The molecule has 1 atom stereocenters. The van der Waals surface area contributed by atoms with Gasteiger partial charge in [0.15, 0.2) is 0 Å². The van der Waals surface area contributed by atoms with E-state index < -0.39 is 23.9 Å². The van der Waals surface area contributed by atoms with Crippen molar-refractivity contribution in [2.45, 2.75) is 12.5 Å². The van der Waals surface area contributed by atoms with Gasteiger partial charge in [0, 0.05) is 6.54 Å². The van der Waals surface area contributed by atoms with Gasteiger partial charge in [0.2, 0.25) is 0 Å². The van der Waals surface area contributed by atoms with Crippen LogP contribution in [0.25, 0.3) is 0 Å². The number of carbonyl (C=O) groups excluding carboxylic acids is 1. The number of nitrogens with zero attached hydrogens (tertiary/aromatic N) is 1. The highest BCUT2D eigenvalue weighted by molar-refractivity contribution is 5.92. The highest BCUT2D eigenvalue weighted by Gasteiger charge is 2.20. The summed E-state index contributed by atoms with van der Waals surface area (Å²) in [6.45, 7) is 0.802. The molecule has 0 spiro atoms. The number of hydrogen-bond acceptors (Lipinski definition) is 4. The molecule has 0 saturated carbocycles. The summed E-state index contributed by atoms with van der Waals surface area (Å²) in [4.78, 5) is 15.0. The lowest BCUT2D eigenvalue weighted by atomic mass is 10.1. The minimum absolute atomic E-state index is 0.0511. The molecule has 6 heteroatoms. The van der Waals surface area contributed by atoms with Gasteiger partial charge in [-0.3, -0.25) is 4.79 Å². The Morgan fingerprint density at radius 2 is 2.31 bits per heavy atom. The van der Waals surface area contributed by atoms with Crippen molar-refractivity contribution in [2.75, 3.05) is 13.2 Å².